The van der Waals surface area contributed by atoms with Gasteiger partial charge in [-0.2, -0.15) is 0 Å². The molecule has 24 heavy (non-hydrogen) atoms. The first-order chi connectivity index (χ1) is 11.3. The fourth-order valence-corrected chi connectivity index (χ4v) is 3.68. The van der Waals surface area contributed by atoms with Gasteiger partial charge >= 0.3 is 6.09 Å². The zero-order valence-electron chi connectivity index (χ0n) is 14.2. The van der Waals surface area contributed by atoms with Crippen LogP contribution in [0.1, 0.15) is 45.6 Å². The second-order valence-corrected chi connectivity index (χ2v) is 7.11. The summed E-state index contributed by atoms with van der Waals surface area (Å²) < 4.78 is 5.39. The Hall–Kier alpha value is -2.15. The number of nitrogens with one attached hydrogen (secondary N) is 1. The van der Waals surface area contributed by atoms with Crippen molar-refractivity contribution in [3.05, 3.63) is 39.9 Å². The van der Waals surface area contributed by atoms with E-state index in [2.05, 4.69) is 20.8 Å². The summed E-state index contributed by atoms with van der Waals surface area (Å²) in [5.74, 6) is 0.498. The average Bonchev–Trinajstić information content (AvgIpc) is 2.54. The van der Waals surface area contributed by atoms with Crippen molar-refractivity contribution >= 4 is 11.8 Å². The maximum Gasteiger partial charge on any atom is 0.431 e. The summed E-state index contributed by atoms with van der Waals surface area (Å²) in [6, 6.07) is 6.52. The van der Waals surface area contributed by atoms with Gasteiger partial charge in [-0.15, -0.1) is 0 Å². The Morgan fingerprint density at radius 2 is 1.96 bits per heavy atom. The van der Waals surface area contributed by atoms with Crippen molar-refractivity contribution in [1.82, 2.24) is 5.48 Å². The van der Waals surface area contributed by atoms with Gasteiger partial charge in [0.15, 0.2) is 0 Å². The molecule has 0 aromatic heterocycles. The number of nitro benzene ring substituents is 1. The monoisotopic (exact) mass is 336 g/mol. The molecular weight excluding hydrogens is 312 g/mol. The van der Waals surface area contributed by atoms with Gasteiger partial charge in [0.2, 0.25) is 0 Å². The Labute approximate surface area is 141 Å². The minimum Gasteiger partial charge on any atom is -0.444 e. The zero-order chi connectivity index (χ0) is 17.9. The second-order valence-electron chi connectivity index (χ2n) is 7.11. The molecular formula is C17H24N2O5. The molecule has 1 aliphatic rings. The lowest BCUT2D eigenvalue weighted by atomic mass is 9.64. The minimum absolute atomic E-state index is 0.0549. The van der Waals surface area contributed by atoms with Crippen molar-refractivity contribution in [1.29, 1.82) is 0 Å². The predicted molar refractivity (Wildman–Crippen MR) is 87.8 cm³/mol. The number of carbonyl (C=O) groups excluding carboxylic acids is 1. The Morgan fingerprint density at radius 3 is 2.50 bits per heavy atom. The highest BCUT2D eigenvalue weighted by Gasteiger charge is 2.42. The third kappa shape index (κ3) is 3.84. The first kappa shape index (κ1) is 18.2. The van der Waals surface area contributed by atoms with Crippen LogP contribution in [0, 0.1) is 22.0 Å². The Morgan fingerprint density at radius 1 is 1.33 bits per heavy atom. The minimum atomic E-state index is -0.849. The summed E-state index contributed by atoms with van der Waals surface area (Å²) in [7, 11) is 0. The molecule has 0 spiro atoms. The maximum absolute atomic E-state index is 11.5. The summed E-state index contributed by atoms with van der Waals surface area (Å²) in [4.78, 5) is 21.9. The second kappa shape index (κ2) is 7.17. The molecule has 1 aliphatic carbocycles. The summed E-state index contributed by atoms with van der Waals surface area (Å²) in [5, 5.41) is 19.6. The molecule has 0 aliphatic heterocycles. The largest absolute Gasteiger partial charge is 0.444 e. The molecule has 3 atom stereocenters. The third-order valence-corrected chi connectivity index (χ3v) is 5.15. The molecule has 7 heteroatoms. The fraction of sp³-hybridized carbons (Fsp3) is 0.588. The molecule has 1 aromatic carbocycles. The summed E-state index contributed by atoms with van der Waals surface area (Å²) >= 11 is 0. The SMILES string of the molecule is C[C@@H]1CC[C@@H](C(C)(C)c2ccc([N+](=O)[O-])cc2)[C@H](OC(=O)NO)C1. The van der Waals surface area contributed by atoms with Crippen molar-refractivity contribution in [2.24, 2.45) is 11.8 Å². The number of ether oxygens (including phenoxy) is 1. The van der Waals surface area contributed by atoms with Crippen LogP contribution in [0.3, 0.4) is 0 Å². The Kier molecular flexibility index (Phi) is 5.43. The normalized spacial score (nSPS) is 24.2. The highest BCUT2D eigenvalue weighted by Crippen LogP contribution is 2.43. The molecule has 7 nitrogen and oxygen atoms in total. The zero-order valence-corrected chi connectivity index (χ0v) is 14.2. The number of rotatable bonds is 4. The Bertz CT molecular complexity index is 600. The van der Waals surface area contributed by atoms with Gasteiger partial charge in [-0.3, -0.25) is 15.3 Å². The molecule has 0 heterocycles. The van der Waals surface area contributed by atoms with E-state index in [1.165, 1.54) is 17.6 Å². The van der Waals surface area contributed by atoms with Crippen LogP contribution in [0.4, 0.5) is 10.5 Å². The molecule has 0 saturated heterocycles. The third-order valence-electron chi connectivity index (χ3n) is 5.15. The number of nitro groups is 1. The number of nitrogens with zero attached hydrogens (tertiary/aromatic N) is 1. The van der Waals surface area contributed by atoms with Crippen LogP contribution in [0.25, 0.3) is 0 Å². The van der Waals surface area contributed by atoms with Crippen molar-refractivity contribution in [2.75, 3.05) is 0 Å². The molecule has 1 aromatic rings. The van der Waals surface area contributed by atoms with Gasteiger partial charge in [-0.1, -0.05) is 39.3 Å². The lowest BCUT2D eigenvalue weighted by Gasteiger charge is -2.43. The highest BCUT2D eigenvalue weighted by molar-refractivity contribution is 5.65. The number of non-ortho nitro benzene ring substituents is 1. The number of hydroxylamine groups is 1. The van der Waals surface area contributed by atoms with E-state index >= 15 is 0 Å². The molecule has 0 bridgehead atoms. The number of amides is 1. The van der Waals surface area contributed by atoms with E-state index < -0.39 is 11.0 Å². The van der Waals surface area contributed by atoms with Crippen LogP contribution < -0.4 is 5.48 Å². The average molecular weight is 336 g/mol. The Balaban J connectivity index is 2.26. The number of benzene rings is 1. The van der Waals surface area contributed by atoms with Crippen LogP contribution in [0.2, 0.25) is 0 Å². The molecule has 0 radical (unpaired) electrons. The number of carbonyl (C=O) groups is 1. The van der Waals surface area contributed by atoms with Crippen LogP contribution >= 0.6 is 0 Å². The molecule has 2 N–H and O–H groups in total. The van der Waals surface area contributed by atoms with E-state index in [0.29, 0.717) is 5.92 Å². The van der Waals surface area contributed by atoms with Crippen molar-refractivity contribution in [2.45, 2.75) is 51.6 Å². The molecule has 132 valence electrons. The highest BCUT2D eigenvalue weighted by atomic mass is 16.6. The molecule has 1 fully saturated rings. The van der Waals surface area contributed by atoms with Crippen LogP contribution in [0.15, 0.2) is 24.3 Å². The van der Waals surface area contributed by atoms with E-state index in [1.54, 1.807) is 12.1 Å². The molecule has 1 amide bonds. The van der Waals surface area contributed by atoms with Crippen molar-refractivity contribution in [3.8, 4) is 0 Å². The van der Waals surface area contributed by atoms with Crippen molar-refractivity contribution in [3.63, 3.8) is 0 Å². The summed E-state index contributed by atoms with van der Waals surface area (Å²) in [6.45, 7) is 6.23. The van der Waals surface area contributed by atoms with Crippen LogP contribution in [-0.4, -0.2) is 22.3 Å². The fourth-order valence-electron chi connectivity index (χ4n) is 3.68. The van der Waals surface area contributed by atoms with Gasteiger partial charge in [0.1, 0.15) is 6.10 Å². The van der Waals surface area contributed by atoms with Gasteiger partial charge < -0.3 is 4.74 Å². The van der Waals surface area contributed by atoms with Gasteiger partial charge in [0.05, 0.1) is 4.92 Å². The molecule has 0 unspecified atom stereocenters. The maximum atomic E-state index is 11.5. The van der Waals surface area contributed by atoms with E-state index in [-0.39, 0.29) is 23.1 Å². The van der Waals surface area contributed by atoms with E-state index in [1.807, 2.05) is 0 Å². The van der Waals surface area contributed by atoms with Crippen molar-refractivity contribution < 1.29 is 19.7 Å². The summed E-state index contributed by atoms with van der Waals surface area (Å²) in [5.41, 5.74) is 2.22. The standard InChI is InChI=1S/C17H24N2O5/c1-11-4-9-14(15(10-11)24-16(20)18-21)17(2,3)12-5-7-13(8-6-12)19(22)23/h5-8,11,14-15,21H,4,9-10H2,1-3H3,(H,18,20)/t11-,14-,15-/m1/s1. The lowest BCUT2D eigenvalue weighted by molar-refractivity contribution is -0.384. The van der Waals surface area contributed by atoms with E-state index in [4.69, 9.17) is 9.94 Å². The number of hydrogen-bond acceptors (Lipinski definition) is 5. The van der Waals surface area contributed by atoms with E-state index in [0.717, 1.165) is 24.8 Å². The number of hydrogen-bond donors (Lipinski definition) is 2. The first-order valence-electron chi connectivity index (χ1n) is 8.11. The topological polar surface area (TPSA) is 102 Å². The predicted octanol–water partition coefficient (Wildman–Crippen LogP) is 3.79. The molecule has 1 saturated carbocycles. The van der Waals surface area contributed by atoms with Gasteiger partial charge in [-0.05, 0) is 29.7 Å². The van der Waals surface area contributed by atoms with Crippen LogP contribution in [-0.2, 0) is 10.2 Å². The first-order valence-corrected chi connectivity index (χ1v) is 8.11. The van der Waals surface area contributed by atoms with Gasteiger partial charge in [-0.25, -0.2) is 10.3 Å². The summed E-state index contributed by atoms with van der Waals surface area (Å²) in [6.07, 6.45) is 1.48. The molecule has 2 rings (SSSR count). The van der Waals surface area contributed by atoms with Crippen LogP contribution in [0.5, 0.6) is 0 Å². The van der Waals surface area contributed by atoms with Gasteiger partial charge in [0.25, 0.3) is 5.69 Å². The van der Waals surface area contributed by atoms with E-state index in [9.17, 15) is 14.9 Å². The van der Waals surface area contributed by atoms with Gasteiger partial charge in [0, 0.05) is 18.1 Å². The smallest absolute Gasteiger partial charge is 0.431 e. The quantitative estimate of drug-likeness (QED) is 0.495. The lowest BCUT2D eigenvalue weighted by Crippen LogP contribution is -2.44.